The van der Waals surface area contributed by atoms with Crippen LogP contribution in [0.4, 0.5) is 0 Å². The molecule has 6 nitrogen and oxygen atoms in total. The van der Waals surface area contributed by atoms with Crippen molar-refractivity contribution >= 4 is 5.91 Å². The highest BCUT2D eigenvalue weighted by atomic mass is 16.2. The SMILES string of the molecule is Cc1ccc(Cn2nc3n(c2=O)C(C(=O)N2CCCC2)C(C)CC3)cc1. The monoisotopic (exact) mass is 354 g/mol. The maximum absolute atomic E-state index is 13.1. The molecule has 1 fully saturated rings. The molecule has 138 valence electrons. The lowest BCUT2D eigenvalue weighted by atomic mass is 9.91. The quantitative estimate of drug-likeness (QED) is 0.848. The third-order valence-corrected chi connectivity index (χ3v) is 5.71. The summed E-state index contributed by atoms with van der Waals surface area (Å²) in [6.45, 7) is 6.18. The summed E-state index contributed by atoms with van der Waals surface area (Å²) in [5.41, 5.74) is 2.07. The maximum atomic E-state index is 13.1. The van der Waals surface area contributed by atoms with E-state index in [0.29, 0.717) is 6.54 Å². The van der Waals surface area contributed by atoms with Crippen molar-refractivity contribution in [1.29, 1.82) is 0 Å². The highest BCUT2D eigenvalue weighted by molar-refractivity contribution is 5.81. The van der Waals surface area contributed by atoms with Crippen molar-refractivity contribution in [3.8, 4) is 0 Å². The van der Waals surface area contributed by atoms with Crippen LogP contribution in [0.25, 0.3) is 0 Å². The van der Waals surface area contributed by atoms with Gasteiger partial charge in [-0.1, -0.05) is 36.8 Å². The first kappa shape index (κ1) is 17.1. The van der Waals surface area contributed by atoms with E-state index in [-0.39, 0.29) is 17.5 Å². The number of fused-ring (bicyclic) bond motifs is 1. The van der Waals surface area contributed by atoms with Crippen LogP contribution in [0.3, 0.4) is 0 Å². The van der Waals surface area contributed by atoms with Crippen LogP contribution < -0.4 is 5.69 Å². The van der Waals surface area contributed by atoms with Crippen molar-refractivity contribution in [3.05, 3.63) is 51.7 Å². The van der Waals surface area contributed by atoms with Gasteiger partial charge in [-0.2, -0.15) is 5.10 Å². The van der Waals surface area contributed by atoms with Gasteiger partial charge in [0.2, 0.25) is 5.91 Å². The molecular formula is C20H26N4O2. The van der Waals surface area contributed by atoms with E-state index in [2.05, 4.69) is 12.0 Å². The molecule has 26 heavy (non-hydrogen) atoms. The van der Waals surface area contributed by atoms with E-state index in [0.717, 1.165) is 50.2 Å². The number of carbonyl (C=O) groups excluding carboxylic acids is 1. The first-order valence-corrected chi connectivity index (χ1v) is 9.57. The smallest absolute Gasteiger partial charge is 0.341 e. The molecular weight excluding hydrogens is 328 g/mol. The molecule has 2 aliphatic heterocycles. The Hall–Kier alpha value is -2.37. The lowest BCUT2D eigenvalue weighted by molar-refractivity contribution is -0.135. The zero-order chi connectivity index (χ0) is 18.3. The summed E-state index contributed by atoms with van der Waals surface area (Å²) in [7, 11) is 0. The molecule has 0 N–H and O–H groups in total. The highest BCUT2D eigenvalue weighted by Crippen LogP contribution is 2.30. The number of aryl methyl sites for hydroxylation is 2. The number of likely N-dealkylation sites (tertiary alicyclic amines) is 1. The second-order valence-electron chi connectivity index (χ2n) is 7.71. The van der Waals surface area contributed by atoms with Gasteiger partial charge < -0.3 is 4.90 Å². The van der Waals surface area contributed by atoms with Crippen LogP contribution >= 0.6 is 0 Å². The number of hydrogen-bond donors (Lipinski definition) is 0. The highest BCUT2D eigenvalue weighted by Gasteiger charge is 2.38. The zero-order valence-corrected chi connectivity index (χ0v) is 15.5. The van der Waals surface area contributed by atoms with Gasteiger partial charge in [0, 0.05) is 19.5 Å². The Kier molecular flexibility index (Phi) is 4.42. The summed E-state index contributed by atoms with van der Waals surface area (Å²) < 4.78 is 3.19. The Morgan fingerprint density at radius 2 is 1.88 bits per heavy atom. The van der Waals surface area contributed by atoms with Gasteiger partial charge in [-0.05, 0) is 37.7 Å². The van der Waals surface area contributed by atoms with Crippen LogP contribution in [0.5, 0.6) is 0 Å². The standard InChI is InChI=1S/C20H26N4O2/c1-14-5-8-16(9-6-14)13-23-20(26)24-17(21-23)10-7-15(2)18(24)19(25)22-11-3-4-12-22/h5-6,8-9,15,18H,3-4,7,10-13H2,1-2H3. The average Bonchev–Trinajstić information content (AvgIpc) is 3.26. The molecule has 3 heterocycles. The minimum absolute atomic E-state index is 0.0907. The van der Waals surface area contributed by atoms with Gasteiger partial charge in [0.15, 0.2) is 0 Å². The molecule has 2 aromatic rings. The van der Waals surface area contributed by atoms with Gasteiger partial charge in [0.05, 0.1) is 6.54 Å². The van der Waals surface area contributed by atoms with Crippen LogP contribution in [0, 0.1) is 12.8 Å². The minimum atomic E-state index is -0.406. The fraction of sp³-hybridized carbons (Fsp3) is 0.550. The minimum Gasteiger partial charge on any atom is -0.341 e. The van der Waals surface area contributed by atoms with Crippen molar-refractivity contribution < 1.29 is 4.79 Å². The number of amides is 1. The van der Waals surface area contributed by atoms with Gasteiger partial charge >= 0.3 is 5.69 Å². The third kappa shape index (κ3) is 2.97. The first-order valence-electron chi connectivity index (χ1n) is 9.57. The molecule has 6 heteroatoms. The number of hydrogen-bond acceptors (Lipinski definition) is 3. The van der Waals surface area contributed by atoms with Crippen LogP contribution in [-0.2, 0) is 17.8 Å². The van der Waals surface area contributed by atoms with Crippen molar-refractivity contribution in [3.63, 3.8) is 0 Å². The van der Waals surface area contributed by atoms with E-state index in [9.17, 15) is 9.59 Å². The van der Waals surface area contributed by atoms with Gasteiger partial charge in [0.1, 0.15) is 11.9 Å². The Morgan fingerprint density at radius 1 is 1.19 bits per heavy atom. The van der Waals surface area contributed by atoms with E-state index in [1.807, 2.05) is 36.1 Å². The van der Waals surface area contributed by atoms with Crippen LogP contribution in [0.1, 0.15) is 49.2 Å². The lowest BCUT2D eigenvalue weighted by Gasteiger charge is -2.31. The molecule has 2 atom stereocenters. The predicted molar refractivity (Wildman–Crippen MR) is 99.1 cm³/mol. The first-order chi connectivity index (χ1) is 12.5. The Balaban J connectivity index is 1.67. The molecule has 2 aliphatic rings. The van der Waals surface area contributed by atoms with Gasteiger partial charge in [-0.3, -0.25) is 9.36 Å². The topological polar surface area (TPSA) is 60.1 Å². The molecule has 1 aromatic heterocycles. The molecule has 0 spiro atoms. The fourth-order valence-corrected chi connectivity index (χ4v) is 4.13. The van der Waals surface area contributed by atoms with Crippen LogP contribution in [0.2, 0.25) is 0 Å². The van der Waals surface area contributed by atoms with Gasteiger partial charge in [-0.25, -0.2) is 9.48 Å². The van der Waals surface area contributed by atoms with Gasteiger partial charge in [0.25, 0.3) is 0 Å². The van der Waals surface area contributed by atoms with E-state index >= 15 is 0 Å². The maximum Gasteiger partial charge on any atom is 0.347 e. The summed E-state index contributed by atoms with van der Waals surface area (Å²) in [4.78, 5) is 28.0. The number of carbonyl (C=O) groups is 1. The van der Waals surface area contributed by atoms with Gasteiger partial charge in [-0.15, -0.1) is 0 Å². The molecule has 0 aliphatic carbocycles. The molecule has 0 radical (unpaired) electrons. The van der Waals surface area contributed by atoms with Crippen molar-refractivity contribution in [2.24, 2.45) is 5.92 Å². The molecule has 0 saturated carbocycles. The lowest BCUT2D eigenvalue weighted by Crippen LogP contribution is -2.44. The summed E-state index contributed by atoms with van der Waals surface area (Å²) in [5.74, 6) is 0.996. The Bertz CT molecular complexity index is 859. The van der Waals surface area contributed by atoms with Crippen molar-refractivity contribution in [2.45, 2.75) is 52.1 Å². The summed E-state index contributed by atoms with van der Waals surface area (Å²) in [6, 6.07) is 7.72. The molecule has 2 unspecified atom stereocenters. The third-order valence-electron chi connectivity index (χ3n) is 5.71. The van der Waals surface area contributed by atoms with Crippen molar-refractivity contribution in [2.75, 3.05) is 13.1 Å². The number of nitrogens with zero attached hydrogens (tertiary/aromatic N) is 4. The Labute approximate surface area is 153 Å². The zero-order valence-electron chi connectivity index (χ0n) is 15.5. The second kappa shape index (κ2) is 6.74. The largest absolute Gasteiger partial charge is 0.347 e. The van der Waals surface area contributed by atoms with Crippen molar-refractivity contribution in [1.82, 2.24) is 19.2 Å². The van der Waals surface area contributed by atoms with Crippen LogP contribution in [0.15, 0.2) is 29.1 Å². The number of aromatic nitrogens is 3. The molecule has 1 saturated heterocycles. The average molecular weight is 354 g/mol. The number of rotatable bonds is 3. The molecule has 1 aromatic carbocycles. The molecule has 0 bridgehead atoms. The van der Waals surface area contributed by atoms with Crippen LogP contribution in [-0.4, -0.2) is 38.2 Å². The van der Waals surface area contributed by atoms with E-state index in [4.69, 9.17) is 0 Å². The fourth-order valence-electron chi connectivity index (χ4n) is 4.13. The van der Waals surface area contributed by atoms with E-state index < -0.39 is 6.04 Å². The second-order valence-corrected chi connectivity index (χ2v) is 7.71. The normalized spacial score (nSPS) is 22.5. The summed E-state index contributed by atoms with van der Waals surface area (Å²) >= 11 is 0. The predicted octanol–water partition coefficient (Wildman–Crippen LogP) is 2.15. The van der Waals surface area contributed by atoms with E-state index in [1.165, 1.54) is 10.2 Å². The Morgan fingerprint density at radius 3 is 2.58 bits per heavy atom. The van der Waals surface area contributed by atoms with E-state index in [1.54, 1.807) is 4.57 Å². The molecule has 1 amide bonds. The molecule has 4 rings (SSSR count). The summed E-state index contributed by atoms with van der Waals surface area (Å²) in [6.07, 6.45) is 3.76. The summed E-state index contributed by atoms with van der Waals surface area (Å²) in [5, 5.41) is 4.56. The number of benzene rings is 1.